The summed E-state index contributed by atoms with van der Waals surface area (Å²) in [4.78, 5) is 54.4. The zero-order valence-corrected chi connectivity index (χ0v) is 24.6. The lowest BCUT2D eigenvalue weighted by Gasteiger charge is -2.25. The van der Waals surface area contributed by atoms with Gasteiger partial charge in [-0.2, -0.15) is 4.98 Å². The molecule has 2 fully saturated rings. The number of aromatic amines is 1. The molecule has 23 nitrogen and oxygen atoms in total. The molecule has 0 spiro atoms. The van der Waals surface area contributed by atoms with Gasteiger partial charge in [0.15, 0.2) is 35.1 Å². The van der Waals surface area contributed by atoms with Crippen LogP contribution in [0.2, 0.25) is 0 Å². The van der Waals surface area contributed by atoms with Gasteiger partial charge in [-0.1, -0.05) is 0 Å². The third-order valence-electron chi connectivity index (χ3n) is 7.29. The molecule has 2 saturated heterocycles. The van der Waals surface area contributed by atoms with Gasteiger partial charge < -0.3 is 51.2 Å². The Bertz CT molecular complexity index is 1850. The monoisotopic (exact) mass is 674 g/mol. The van der Waals surface area contributed by atoms with Crippen LogP contribution in [-0.4, -0.2) is 109 Å². The van der Waals surface area contributed by atoms with Crippen LogP contribution in [0.1, 0.15) is 12.5 Å². The predicted octanol–water partition coefficient (Wildman–Crippen LogP) is -3.56. The number of hydrogen-bond acceptors (Lipinski definition) is 17. The maximum atomic E-state index is 13.2. The molecule has 0 aromatic carbocycles. The average Bonchev–Trinajstić information content (AvgIpc) is 3.73. The van der Waals surface area contributed by atoms with Gasteiger partial charge in [0.2, 0.25) is 5.95 Å². The number of nitrogens with two attached hydrogens (primary N) is 3. The molecule has 0 bridgehead atoms. The van der Waals surface area contributed by atoms with Gasteiger partial charge in [0.1, 0.15) is 36.3 Å². The first-order valence-electron chi connectivity index (χ1n) is 13.0. The van der Waals surface area contributed by atoms with Gasteiger partial charge in [0.25, 0.3) is 5.56 Å². The molecule has 6 rings (SSSR count). The lowest BCUT2D eigenvalue weighted by molar-refractivity contribution is -0.0473. The van der Waals surface area contributed by atoms with Gasteiger partial charge in [-0.05, 0) is 0 Å². The normalized spacial score (nSPS) is 30.7. The highest BCUT2D eigenvalue weighted by Crippen LogP contribution is 2.43. The van der Waals surface area contributed by atoms with Crippen molar-refractivity contribution in [3.05, 3.63) is 29.3 Å². The van der Waals surface area contributed by atoms with E-state index in [1.165, 1.54) is 17.2 Å². The highest BCUT2D eigenvalue weighted by Gasteiger charge is 2.49. The van der Waals surface area contributed by atoms with E-state index in [-0.39, 0.29) is 34.1 Å². The second-order valence-electron chi connectivity index (χ2n) is 10.1. The second-order valence-corrected chi connectivity index (χ2v) is 12.5. The summed E-state index contributed by atoms with van der Waals surface area (Å²) < 4.78 is 48.6. The Balaban J connectivity index is 1.17. The molecular weight excluding hydrogens is 646 g/mol. The second kappa shape index (κ2) is 12.1. The topological polar surface area (TPSA) is 349 Å². The zero-order chi connectivity index (χ0) is 32.2. The van der Waals surface area contributed by atoms with Crippen molar-refractivity contribution < 1.29 is 47.7 Å². The van der Waals surface area contributed by atoms with Crippen molar-refractivity contribution in [2.45, 2.75) is 49.0 Å². The molecule has 4 aromatic heterocycles. The van der Waals surface area contributed by atoms with Crippen molar-refractivity contribution in [1.82, 2.24) is 44.1 Å². The summed E-state index contributed by atoms with van der Waals surface area (Å²) in [5, 5.41) is 24.2. The van der Waals surface area contributed by atoms with Gasteiger partial charge in [-0.25, -0.2) is 29.6 Å². The number of nitrogen functional groups attached to an aromatic ring is 2. The summed E-state index contributed by atoms with van der Waals surface area (Å²) in [6, 6.07) is -2.53. The highest BCUT2D eigenvalue weighted by molar-refractivity contribution is 7.50. The quantitative estimate of drug-likeness (QED) is 0.0735. The summed E-state index contributed by atoms with van der Waals surface area (Å²) in [6.07, 6.45) is -4.18. The van der Waals surface area contributed by atoms with E-state index in [0.717, 1.165) is 10.9 Å². The standard InChI is InChI=1S/C20H28N12O11P2/c21-8-6(42-18(12(8)33)31-4-26-10-14(22)24-3-25-15(10)31)2-41-45(38,39)30-9-7(1-40-44(36)37)43-19(13(9)34)32-5-27-11-16(32)28-20(23)29-17(11)35/h3-9,12-13,18-19,33-34,44H,1-2,21H2,(H,36,37)(H2,22,24,25)(H2,30,38,39)(H3,23,28,29,35)/t6-,7-,8-,9-,12-,13-,18-,19-/m1/s1. The number of nitrogens with zero attached hydrogens (tertiary/aromatic N) is 7. The van der Waals surface area contributed by atoms with Crippen molar-refractivity contribution >= 4 is 50.1 Å². The number of nitrogens with one attached hydrogen (secondary N) is 2. The number of fused-ring (bicyclic) bond motifs is 2. The Morgan fingerprint density at radius 3 is 2.42 bits per heavy atom. The third kappa shape index (κ3) is 5.96. The fraction of sp³-hybridized carbons (Fsp3) is 0.500. The largest absolute Gasteiger partial charge is 0.403 e. The van der Waals surface area contributed by atoms with Gasteiger partial charge in [-0.15, -0.1) is 0 Å². The smallest absolute Gasteiger partial charge is 0.387 e. The Kier molecular flexibility index (Phi) is 8.45. The lowest BCUT2D eigenvalue weighted by Crippen LogP contribution is -2.45. The summed E-state index contributed by atoms with van der Waals surface area (Å²) in [5.74, 6) is -0.143. The molecule has 2 aliphatic heterocycles. The predicted molar refractivity (Wildman–Crippen MR) is 150 cm³/mol. The molecule has 25 heteroatoms. The molecule has 4 aromatic rings. The minimum Gasteiger partial charge on any atom is -0.387 e. The fourth-order valence-electron chi connectivity index (χ4n) is 5.15. The molecule has 6 heterocycles. The van der Waals surface area contributed by atoms with E-state index in [0.29, 0.717) is 0 Å². The number of imidazole rings is 2. The molecule has 0 saturated carbocycles. The van der Waals surface area contributed by atoms with E-state index in [1.54, 1.807) is 0 Å². The number of aliphatic hydroxyl groups excluding tert-OH is 2. The molecule has 2 aliphatic rings. The molecule has 0 radical (unpaired) electrons. The van der Waals surface area contributed by atoms with E-state index >= 15 is 0 Å². The van der Waals surface area contributed by atoms with Gasteiger partial charge in [-0.3, -0.25) is 28.0 Å². The van der Waals surface area contributed by atoms with Crippen molar-refractivity contribution in [2.75, 3.05) is 24.7 Å². The van der Waals surface area contributed by atoms with Crippen molar-refractivity contribution in [2.24, 2.45) is 5.73 Å². The van der Waals surface area contributed by atoms with Crippen LogP contribution in [0.15, 0.2) is 23.8 Å². The molecular formula is C20H28N12O11P2. The molecule has 12 N–H and O–H groups in total. The number of anilines is 2. The van der Waals surface area contributed by atoms with Crippen LogP contribution in [-0.2, 0) is 27.7 Å². The van der Waals surface area contributed by atoms with Gasteiger partial charge in [0, 0.05) is 0 Å². The van der Waals surface area contributed by atoms with E-state index in [9.17, 15) is 33.9 Å². The van der Waals surface area contributed by atoms with E-state index in [4.69, 9.17) is 35.7 Å². The van der Waals surface area contributed by atoms with Crippen LogP contribution < -0.4 is 27.8 Å². The summed E-state index contributed by atoms with van der Waals surface area (Å²) in [5.41, 5.74) is 17.2. The Hall–Kier alpha value is -3.44. The molecule has 2 unspecified atom stereocenters. The van der Waals surface area contributed by atoms with Crippen LogP contribution in [0.5, 0.6) is 0 Å². The maximum absolute atomic E-state index is 13.2. The van der Waals surface area contributed by atoms with Gasteiger partial charge in [0.05, 0.1) is 38.0 Å². The molecule has 10 atom stereocenters. The number of aromatic nitrogens is 8. The first kappa shape index (κ1) is 31.5. The third-order valence-corrected chi connectivity index (χ3v) is 8.83. The van der Waals surface area contributed by atoms with Crippen LogP contribution in [0.3, 0.4) is 0 Å². The Morgan fingerprint density at radius 2 is 1.69 bits per heavy atom. The van der Waals surface area contributed by atoms with Crippen molar-refractivity contribution in [3.63, 3.8) is 0 Å². The minimum atomic E-state index is -4.82. The van der Waals surface area contributed by atoms with Crippen molar-refractivity contribution in [3.8, 4) is 0 Å². The number of hydrogen-bond donors (Lipinski definition) is 9. The first-order chi connectivity index (χ1) is 21.3. The van der Waals surface area contributed by atoms with E-state index in [2.05, 4.69) is 35.0 Å². The van der Waals surface area contributed by atoms with E-state index in [1.807, 2.05) is 0 Å². The van der Waals surface area contributed by atoms with Crippen LogP contribution >= 0.6 is 16.0 Å². The lowest BCUT2D eigenvalue weighted by atomic mass is 10.1. The first-order valence-corrected chi connectivity index (χ1v) is 15.9. The summed E-state index contributed by atoms with van der Waals surface area (Å²) in [7, 11) is -8.29. The summed E-state index contributed by atoms with van der Waals surface area (Å²) >= 11 is 0. The fourth-order valence-corrected chi connectivity index (χ4v) is 6.58. The van der Waals surface area contributed by atoms with E-state index < -0.39 is 83.7 Å². The highest BCUT2D eigenvalue weighted by atomic mass is 31.2. The number of H-pyrrole nitrogens is 1. The maximum Gasteiger partial charge on any atom is 0.403 e. The number of ether oxygens (including phenoxy) is 2. The number of rotatable bonds is 10. The number of aliphatic hydroxyl groups is 2. The zero-order valence-electron chi connectivity index (χ0n) is 22.7. The SMILES string of the molecule is Nc1nc2c(ncn2[C@@H]2O[C@H](CO[PH](=O)O)[C@@H](NP(=O)(O)OC[C@H]3O[C@@H](n4cnc5c(N)ncnc54)[C@H](O)[C@@H]3N)[C@H]2O)c(=O)[nH]1. The van der Waals surface area contributed by atoms with Gasteiger partial charge >= 0.3 is 16.0 Å². The van der Waals surface area contributed by atoms with Crippen molar-refractivity contribution in [1.29, 1.82) is 0 Å². The Morgan fingerprint density at radius 1 is 1.02 bits per heavy atom. The molecule has 0 amide bonds. The minimum absolute atomic E-state index is 0.0694. The average molecular weight is 674 g/mol. The van der Waals surface area contributed by atoms with Crippen LogP contribution in [0, 0.1) is 0 Å². The Labute approximate surface area is 250 Å². The summed E-state index contributed by atoms with van der Waals surface area (Å²) in [6.45, 7) is -1.20. The molecule has 45 heavy (non-hydrogen) atoms. The molecule has 244 valence electrons. The molecule has 0 aliphatic carbocycles. The van der Waals surface area contributed by atoms with Crippen LogP contribution in [0.4, 0.5) is 11.8 Å². The van der Waals surface area contributed by atoms with Crippen LogP contribution in [0.25, 0.3) is 22.3 Å².